The van der Waals surface area contributed by atoms with E-state index in [1.165, 1.54) is 135 Å². The van der Waals surface area contributed by atoms with E-state index in [9.17, 15) is 20.1 Å². The maximum atomic E-state index is 12.3. The van der Waals surface area contributed by atoms with Crippen LogP contribution in [0.2, 0.25) is 0 Å². The summed E-state index contributed by atoms with van der Waals surface area (Å²) in [6.07, 6.45) is 40.2. The van der Waals surface area contributed by atoms with Crippen LogP contribution in [0, 0.1) is 0 Å². The first kappa shape index (κ1) is 42.8. The number of allylic oxidation sites excluding steroid dienone is 3. The maximum Gasteiger partial charge on any atom is 0.222 e. The summed E-state index contributed by atoms with van der Waals surface area (Å²) in [6.45, 7) is 4.18. The Morgan fingerprint density at radius 2 is 0.977 bits per heavy atom. The minimum absolute atomic E-state index is 0.00861. The van der Waals surface area contributed by atoms with Gasteiger partial charge < -0.3 is 20.6 Å². The van der Waals surface area contributed by atoms with Gasteiger partial charge in [0.25, 0.3) is 0 Å². The molecule has 0 aromatic heterocycles. The SMILES string of the molecule is CCCCCCCCCCCCCC/C=C/CC/C=C/C(O)C(CO)NC(=O)CC(O)CCCCCCCCCCCCC. The lowest BCUT2D eigenvalue weighted by Crippen LogP contribution is -2.45. The second kappa shape index (κ2) is 34.7. The Labute approximate surface area is 273 Å². The van der Waals surface area contributed by atoms with Crippen molar-refractivity contribution < 1.29 is 20.1 Å². The maximum absolute atomic E-state index is 12.3. The van der Waals surface area contributed by atoms with Crippen molar-refractivity contribution in [1.82, 2.24) is 5.32 Å². The molecular formula is C39H75NO4. The Bertz CT molecular complexity index is 650. The van der Waals surface area contributed by atoms with E-state index in [1.54, 1.807) is 6.08 Å². The number of nitrogens with one attached hydrogen (secondary N) is 1. The summed E-state index contributed by atoms with van der Waals surface area (Å²) in [7, 11) is 0. The van der Waals surface area contributed by atoms with Gasteiger partial charge in [0.2, 0.25) is 5.91 Å². The zero-order valence-electron chi connectivity index (χ0n) is 29.3. The molecule has 0 fully saturated rings. The van der Waals surface area contributed by atoms with Crippen LogP contribution in [0.25, 0.3) is 0 Å². The molecule has 0 aromatic rings. The Hall–Kier alpha value is -1.17. The summed E-state index contributed by atoms with van der Waals surface area (Å²) >= 11 is 0. The minimum Gasteiger partial charge on any atom is -0.394 e. The number of hydrogen-bond acceptors (Lipinski definition) is 4. The zero-order chi connectivity index (χ0) is 32.4. The van der Waals surface area contributed by atoms with Gasteiger partial charge >= 0.3 is 0 Å². The van der Waals surface area contributed by atoms with Gasteiger partial charge in [0, 0.05) is 0 Å². The van der Waals surface area contributed by atoms with Crippen molar-refractivity contribution in [2.75, 3.05) is 6.61 Å². The van der Waals surface area contributed by atoms with Crippen molar-refractivity contribution >= 4 is 5.91 Å². The molecule has 5 nitrogen and oxygen atoms in total. The number of carbonyl (C=O) groups excluding carboxylic acids is 1. The topological polar surface area (TPSA) is 89.8 Å². The van der Waals surface area contributed by atoms with Gasteiger partial charge in [-0.3, -0.25) is 4.79 Å². The molecule has 0 bridgehead atoms. The predicted octanol–water partition coefficient (Wildman–Crippen LogP) is 10.3. The van der Waals surface area contributed by atoms with Gasteiger partial charge in [0.05, 0.1) is 31.3 Å². The van der Waals surface area contributed by atoms with Crippen molar-refractivity contribution in [3.63, 3.8) is 0 Å². The summed E-state index contributed by atoms with van der Waals surface area (Å²) in [5.74, 6) is -0.326. The Morgan fingerprint density at radius 1 is 0.568 bits per heavy atom. The van der Waals surface area contributed by atoms with Crippen molar-refractivity contribution in [1.29, 1.82) is 0 Å². The van der Waals surface area contributed by atoms with Gasteiger partial charge in [0.15, 0.2) is 0 Å². The molecule has 5 heteroatoms. The lowest BCUT2D eigenvalue weighted by atomic mass is 10.0. The second-order valence-electron chi connectivity index (χ2n) is 13.2. The highest BCUT2D eigenvalue weighted by Gasteiger charge is 2.20. The molecule has 0 aliphatic heterocycles. The van der Waals surface area contributed by atoms with E-state index in [2.05, 4.69) is 31.3 Å². The van der Waals surface area contributed by atoms with E-state index in [4.69, 9.17) is 0 Å². The normalized spacial score (nSPS) is 14.0. The van der Waals surface area contributed by atoms with Crippen LogP contribution in [0.1, 0.15) is 194 Å². The number of hydrogen-bond donors (Lipinski definition) is 4. The van der Waals surface area contributed by atoms with E-state index in [1.807, 2.05) is 6.08 Å². The first-order valence-electron chi connectivity index (χ1n) is 19.1. The van der Waals surface area contributed by atoms with E-state index < -0.39 is 18.2 Å². The monoisotopic (exact) mass is 622 g/mol. The molecule has 0 spiro atoms. The van der Waals surface area contributed by atoms with E-state index in [0.717, 1.165) is 32.1 Å². The molecule has 0 radical (unpaired) electrons. The Kier molecular flexibility index (Phi) is 33.8. The first-order valence-corrected chi connectivity index (χ1v) is 19.1. The van der Waals surface area contributed by atoms with E-state index >= 15 is 0 Å². The summed E-state index contributed by atoms with van der Waals surface area (Å²) < 4.78 is 0. The third-order valence-electron chi connectivity index (χ3n) is 8.74. The van der Waals surface area contributed by atoms with Crippen molar-refractivity contribution in [3.05, 3.63) is 24.3 Å². The lowest BCUT2D eigenvalue weighted by molar-refractivity contribution is -0.124. The predicted molar refractivity (Wildman–Crippen MR) is 190 cm³/mol. The smallest absolute Gasteiger partial charge is 0.222 e. The zero-order valence-corrected chi connectivity index (χ0v) is 29.3. The molecule has 3 atom stereocenters. The number of aliphatic hydroxyl groups is 3. The van der Waals surface area contributed by atoms with Crippen LogP contribution in [0.5, 0.6) is 0 Å². The quantitative estimate of drug-likeness (QED) is 0.0425. The third kappa shape index (κ3) is 30.8. The third-order valence-corrected chi connectivity index (χ3v) is 8.74. The standard InChI is InChI=1S/C39H75NO4/c1-3-5-7-9-11-13-15-16-17-18-19-20-21-23-25-27-29-31-33-38(43)37(35-41)40-39(44)34-36(42)32-30-28-26-24-22-14-12-10-8-6-4-2/h23,25,31,33,36-38,41-43H,3-22,24,26-30,32,34-35H2,1-2H3,(H,40,44)/b25-23+,33-31+. The molecule has 260 valence electrons. The molecular weight excluding hydrogens is 546 g/mol. The van der Waals surface area contributed by atoms with Gasteiger partial charge in [-0.15, -0.1) is 0 Å². The van der Waals surface area contributed by atoms with Gasteiger partial charge in [-0.05, 0) is 32.1 Å². The Morgan fingerprint density at radius 3 is 1.45 bits per heavy atom. The first-order chi connectivity index (χ1) is 21.5. The minimum atomic E-state index is -0.947. The van der Waals surface area contributed by atoms with Crippen LogP contribution in [0.4, 0.5) is 0 Å². The van der Waals surface area contributed by atoms with Crippen LogP contribution in [0.15, 0.2) is 24.3 Å². The highest BCUT2D eigenvalue weighted by atomic mass is 16.3. The fraction of sp³-hybridized carbons (Fsp3) is 0.872. The van der Waals surface area contributed by atoms with E-state index in [-0.39, 0.29) is 18.9 Å². The van der Waals surface area contributed by atoms with Crippen LogP contribution >= 0.6 is 0 Å². The molecule has 0 aliphatic rings. The molecule has 0 aromatic carbocycles. The van der Waals surface area contributed by atoms with E-state index in [0.29, 0.717) is 6.42 Å². The molecule has 3 unspecified atom stereocenters. The number of rotatable bonds is 34. The van der Waals surface area contributed by atoms with Crippen molar-refractivity contribution in [2.45, 2.75) is 212 Å². The fourth-order valence-corrected chi connectivity index (χ4v) is 5.77. The van der Waals surface area contributed by atoms with Crippen molar-refractivity contribution in [3.8, 4) is 0 Å². The van der Waals surface area contributed by atoms with Gasteiger partial charge in [-0.2, -0.15) is 0 Å². The molecule has 44 heavy (non-hydrogen) atoms. The summed E-state index contributed by atoms with van der Waals surface area (Å²) in [5.41, 5.74) is 0. The molecule has 0 saturated carbocycles. The van der Waals surface area contributed by atoms with Crippen molar-refractivity contribution in [2.24, 2.45) is 0 Å². The number of carbonyl (C=O) groups is 1. The number of amides is 1. The van der Waals surface area contributed by atoms with Crippen LogP contribution in [0.3, 0.4) is 0 Å². The fourth-order valence-electron chi connectivity index (χ4n) is 5.77. The van der Waals surface area contributed by atoms with Crippen LogP contribution < -0.4 is 5.32 Å². The molecule has 0 rings (SSSR count). The van der Waals surface area contributed by atoms with Gasteiger partial charge in [-0.25, -0.2) is 0 Å². The van der Waals surface area contributed by atoms with Gasteiger partial charge in [-0.1, -0.05) is 179 Å². The van der Waals surface area contributed by atoms with Gasteiger partial charge in [0.1, 0.15) is 0 Å². The summed E-state index contributed by atoms with van der Waals surface area (Å²) in [4.78, 5) is 12.3. The lowest BCUT2D eigenvalue weighted by Gasteiger charge is -2.21. The molecule has 4 N–H and O–H groups in total. The molecule has 0 saturated heterocycles. The summed E-state index contributed by atoms with van der Waals surface area (Å²) in [5, 5.41) is 33.0. The average Bonchev–Trinajstić information content (AvgIpc) is 3.01. The van der Waals surface area contributed by atoms with Crippen LogP contribution in [-0.4, -0.2) is 46.1 Å². The molecule has 1 amide bonds. The number of unbranched alkanes of at least 4 members (excludes halogenated alkanes) is 23. The largest absolute Gasteiger partial charge is 0.394 e. The van der Waals surface area contributed by atoms with Crippen LogP contribution in [-0.2, 0) is 4.79 Å². The molecule has 0 aliphatic carbocycles. The summed E-state index contributed by atoms with van der Waals surface area (Å²) in [6, 6.07) is -0.755. The number of aliphatic hydroxyl groups excluding tert-OH is 3. The highest BCUT2D eigenvalue weighted by molar-refractivity contribution is 5.76. The average molecular weight is 622 g/mol. The second-order valence-corrected chi connectivity index (χ2v) is 13.2. The Balaban J connectivity index is 3.76. The molecule has 0 heterocycles. The highest BCUT2D eigenvalue weighted by Crippen LogP contribution is 2.14.